The summed E-state index contributed by atoms with van der Waals surface area (Å²) in [5.41, 5.74) is 2.62. The Bertz CT molecular complexity index is 1130. The van der Waals surface area contributed by atoms with Crippen LogP contribution in [0.3, 0.4) is 0 Å². The predicted molar refractivity (Wildman–Crippen MR) is 99.9 cm³/mol. The Hall–Kier alpha value is -3.45. The smallest absolute Gasteiger partial charge is 0.256 e. The number of carbonyl (C=O) groups excluding carboxylic acids is 1. The first-order chi connectivity index (χ1) is 13.1. The topological polar surface area (TPSA) is 80.7 Å². The number of aromatic nitrogens is 4. The van der Waals surface area contributed by atoms with Gasteiger partial charge in [0.25, 0.3) is 5.91 Å². The van der Waals surface area contributed by atoms with E-state index in [9.17, 15) is 9.18 Å². The van der Waals surface area contributed by atoms with Gasteiger partial charge in [0.05, 0.1) is 11.2 Å². The van der Waals surface area contributed by atoms with Crippen LogP contribution in [0.5, 0.6) is 0 Å². The third-order valence-electron chi connectivity index (χ3n) is 3.84. The van der Waals surface area contributed by atoms with Gasteiger partial charge in [-0.2, -0.15) is 4.39 Å². The molecule has 132 valence electrons. The summed E-state index contributed by atoms with van der Waals surface area (Å²) in [7, 11) is 0. The summed E-state index contributed by atoms with van der Waals surface area (Å²) in [5, 5.41) is 3.28. The van der Waals surface area contributed by atoms with Crippen LogP contribution in [0.4, 0.5) is 10.2 Å². The number of carbonyl (C=O) groups is 1. The number of pyridine rings is 2. The van der Waals surface area contributed by atoms with Crippen molar-refractivity contribution in [1.29, 1.82) is 0 Å². The number of nitrogens with zero attached hydrogens (tertiary/aromatic N) is 4. The van der Waals surface area contributed by atoms with Crippen molar-refractivity contribution >= 4 is 34.4 Å². The number of rotatable bonds is 3. The summed E-state index contributed by atoms with van der Waals surface area (Å²) in [6.45, 7) is 0. The molecule has 0 fully saturated rings. The number of anilines is 1. The minimum Gasteiger partial charge on any atom is -0.305 e. The van der Waals surface area contributed by atoms with E-state index in [0.29, 0.717) is 32.9 Å². The molecule has 3 aromatic heterocycles. The Morgan fingerprint density at radius 3 is 2.52 bits per heavy atom. The molecule has 4 aromatic rings. The number of hydrogen-bond acceptors (Lipinski definition) is 5. The van der Waals surface area contributed by atoms with E-state index in [1.165, 1.54) is 18.6 Å². The number of nitrogens with one attached hydrogen (secondary N) is 1. The van der Waals surface area contributed by atoms with Crippen molar-refractivity contribution in [2.75, 3.05) is 5.32 Å². The zero-order valence-electron chi connectivity index (χ0n) is 13.7. The summed E-state index contributed by atoms with van der Waals surface area (Å²) in [4.78, 5) is 28.9. The maximum absolute atomic E-state index is 13.0. The molecule has 0 atom stereocenters. The van der Waals surface area contributed by atoms with E-state index < -0.39 is 5.95 Å². The Morgan fingerprint density at radius 2 is 1.78 bits per heavy atom. The normalized spacial score (nSPS) is 10.7. The molecular weight excluding hydrogens is 369 g/mol. The second-order valence-electron chi connectivity index (χ2n) is 5.62. The minimum atomic E-state index is -0.571. The van der Waals surface area contributed by atoms with Crippen LogP contribution in [-0.4, -0.2) is 25.8 Å². The van der Waals surface area contributed by atoms with Gasteiger partial charge in [0.1, 0.15) is 11.8 Å². The number of fused-ring (bicyclic) bond motifs is 1. The van der Waals surface area contributed by atoms with Gasteiger partial charge in [0.15, 0.2) is 5.82 Å². The van der Waals surface area contributed by atoms with E-state index in [1.54, 1.807) is 42.5 Å². The van der Waals surface area contributed by atoms with Crippen LogP contribution in [0.15, 0.2) is 61.1 Å². The Morgan fingerprint density at radius 1 is 0.963 bits per heavy atom. The zero-order valence-corrected chi connectivity index (χ0v) is 14.5. The van der Waals surface area contributed by atoms with Crippen LogP contribution in [0.2, 0.25) is 5.02 Å². The van der Waals surface area contributed by atoms with Crippen molar-refractivity contribution < 1.29 is 9.18 Å². The third kappa shape index (κ3) is 3.58. The maximum Gasteiger partial charge on any atom is 0.256 e. The van der Waals surface area contributed by atoms with Crippen LogP contribution < -0.4 is 5.32 Å². The first-order valence-electron chi connectivity index (χ1n) is 7.91. The van der Waals surface area contributed by atoms with Crippen LogP contribution in [-0.2, 0) is 0 Å². The van der Waals surface area contributed by atoms with E-state index in [-0.39, 0.29) is 11.7 Å². The fourth-order valence-electron chi connectivity index (χ4n) is 2.50. The molecule has 0 unspecified atom stereocenters. The molecule has 0 saturated heterocycles. The monoisotopic (exact) mass is 379 g/mol. The highest BCUT2D eigenvalue weighted by atomic mass is 35.5. The van der Waals surface area contributed by atoms with Gasteiger partial charge in [-0.1, -0.05) is 11.6 Å². The molecule has 3 heterocycles. The molecule has 0 aliphatic heterocycles. The lowest BCUT2D eigenvalue weighted by atomic mass is 10.2. The quantitative estimate of drug-likeness (QED) is 0.541. The van der Waals surface area contributed by atoms with Crippen molar-refractivity contribution in [3.05, 3.63) is 77.6 Å². The molecule has 8 heteroatoms. The van der Waals surface area contributed by atoms with Gasteiger partial charge in [-0.25, -0.2) is 19.9 Å². The van der Waals surface area contributed by atoms with Crippen molar-refractivity contribution in [1.82, 2.24) is 19.9 Å². The summed E-state index contributed by atoms with van der Waals surface area (Å²) < 4.78 is 13.0. The average molecular weight is 380 g/mol. The Balaban J connectivity index is 1.72. The van der Waals surface area contributed by atoms with Crippen molar-refractivity contribution in [3.8, 4) is 11.3 Å². The fraction of sp³-hybridized carbons (Fsp3) is 0. The molecule has 4 rings (SSSR count). The summed E-state index contributed by atoms with van der Waals surface area (Å²) in [6, 6.07) is 12.8. The first kappa shape index (κ1) is 17.0. The highest BCUT2D eigenvalue weighted by Crippen LogP contribution is 2.23. The summed E-state index contributed by atoms with van der Waals surface area (Å²) >= 11 is 5.85. The predicted octanol–water partition coefficient (Wildman–Crippen LogP) is 4.13. The molecule has 0 saturated carbocycles. The van der Waals surface area contributed by atoms with Gasteiger partial charge in [-0.15, -0.1) is 0 Å². The van der Waals surface area contributed by atoms with Crippen molar-refractivity contribution in [2.24, 2.45) is 0 Å². The van der Waals surface area contributed by atoms with Gasteiger partial charge in [0.2, 0.25) is 5.95 Å². The molecule has 0 bridgehead atoms. The molecule has 0 aliphatic carbocycles. The number of benzene rings is 1. The van der Waals surface area contributed by atoms with E-state index in [0.717, 1.165) is 0 Å². The van der Waals surface area contributed by atoms with Gasteiger partial charge in [-0.3, -0.25) is 4.79 Å². The SMILES string of the molecule is O=C(Nc1ncnc2ccc(-c3ccc(F)nc3)nc12)c1ccc(Cl)cc1. The molecule has 0 radical (unpaired) electrons. The second kappa shape index (κ2) is 7.05. The minimum absolute atomic E-state index is 0.275. The zero-order chi connectivity index (χ0) is 18.8. The van der Waals surface area contributed by atoms with Crippen molar-refractivity contribution in [2.45, 2.75) is 0 Å². The molecular formula is C19H11ClFN5O. The average Bonchev–Trinajstić information content (AvgIpc) is 2.69. The van der Waals surface area contributed by atoms with Gasteiger partial charge in [-0.05, 0) is 48.5 Å². The third-order valence-corrected chi connectivity index (χ3v) is 4.10. The van der Waals surface area contributed by atoms with E-state index >= 15 is 0 Å². The Labute approximate surface area is 158 Å². The van der Waals surface area contributed by atoms with Crippen LogP contribution in [0, 0.1) is 5.95 Å². The molecule has 1 N–H and O–H groups in total. The van der Waals surface area contributed by atoms with Crippen LogP contribution in [0.1, 0.15) is 10.4 Å². The number of hydrogen-bond donors (Lipinski definition) is 1. The van der Waals surface area contributed by atoms with E-state index in [1.807, 2.05) is 0 Å². The van der Waals surface area contributed by atoms with Crippen LogP contribution >= 0.6 is 11.6 Å². The lowest BCUT2D eigenvalue weighted by Crippen LogP contribution is -2.13. The molecule has 27 heavy (non-hydrogen) atoms. The highest BCUT2D eigenvalue weighted by molar-refractivity contribution is 6.30. The fourth-order valence-corrected chi connectivity index (χ4v) is 2.63. The van der Waals surface area contributed by atoms with Crippen LogP contribution in [0.25, 0.3) is 22.3 Å². The number of amides is 1. The summed E-state index contributed by atoms with van der Waals surface area (Å²) in [6.07, 6.45) is 2.74. The highest BCUT2D eigenvalue weighted by Gasteiger charge is 2.12. The van der Waals surface area contributed by atoms with Crippen molar-refractivity contribution in [3.63, 3.8) is 0 Å². The maximum atomic E-state index is 13.0. The Kier molecular flexibility index (Phi) is 4.43. The molecule has 6 nitrogen and oxygen atoms in total. The van der Waals surface area contributed by atoms with Gasteiger partial charge >= 0.3 is 0 Å². The molecule has 0 aliphatic rings. The largest absolute Gasteiger partial charge is 0.305 e. The van der Waals surface area contributed by atoms with Gasteiger partial charge < -0.3 is 5.32 Å². The molecule has 1 amide bonds. The van der Waals surface area contributed by atoms with E-state index in [4.69, 9.17) is 11.6 Å². The lowest BCUT2D eigenvalue weighted by Gasteiger charge is -2.08. The molecule has 0 spiro atoms. The standard InChI is InChI=1S/C19H11ClFN5O/c20-13-4-1-11(2-5-13)19(27)26-18-17-15(23-10-24-18)7-6-14(25-17)12-3-8-16(21)22-9-12/h1-10H,(H,23,24,26,27). The number of halogens is 2. The first-order valence-corrected chi connectivity index (χ1v) is 8.28. The van der Waals surface area contributed by atoms with Gasteiger partial charge in [0, 0.05) is 22.3 Å². The summed E-state index contributed by atoms with van der Waals surface area (Å²) in [5.74, 6) is -0.641. The van der Waals surface area contributed by atoms with E-state index in [2.05, 4.69) is 25.3 Å². The lowest BCUT2D eigenvalue weighted by molar-refractivity contribution is 0.102. The second-order valence-corrected chi connectivity index (χ2v) is 6.05. The molecule has 1 aromatic carbocycles.